The van der Waals surface area contributed by atoms with Gasteiger partial charge in [0.25, 0.3) is 5.91 Å². The molecule has 0 saturated carbocycles. The highest BCUT2D eigenvalue weighted by Gasteiger charge is 2.32. The lowest BCUT2D eigenvalue weighted by atomic mass is 9.87. The number of ether oxygens (including phenoxy) is 1. The molecule has 1 aliphatic heterocycles. The van der Waals surface area contributed by atoms with Crippen LogP contribution in [0.2, 0.25) is 0 Å². The molecule has 172 valence electrons. The zero-order valence-electron chi connectivity index (χ0n) is 19.8. The fourth-order valence-corrected chi connectivity index (χ4v) is 4.25. The van der Waals surface area contributed by atoms with Crippen LogP contribution in [0.3, 0.4) is 0 Å². The number of carbonyl (C=O) groups excluding carboxylic acids is 2. The van der Waals surface area contributed by atoms with Crippen molar-refractivity contribution in [2.45, 2.75) is 65.5 Å². The summed E-state index contributed by atoms with van der Waals surface area (Å²) >= 11 is 0. The van der Waals surface area contributed by atoms with Crippen LogP contribution in [0.4, 0.5) is 0 Å². The molecule has 1 N–H and O–H groups in total. The zero-order valence-corrected chi connectivity index (χ0v) is 19.8. The van der Waals surface area contributed by atoms with Gasteiger partial charge < -0.3 is 15.0 Å². The van der Waals surface area contributed by atoms with Gasteiger partial charge in [-0.2, -0.15) is 0 Å². The van der Waals surface area contributed by atoms with Crippen molar-refractivity contribution < 1.29 is 14.3 Å². The van der Waals surface area contributed by atoms with Crippen molar-refractivity contribution in [2.24, 2.45) is 5.92 Å². The lowest BCUT2D eigenvalue weighted by Gasteiger charge is -2.38. The summed E-state index contributed by atoms with van der Waals surface area (Å²) in [6.45, 7) is 9.48. The van der Waals surface area contributed by atoms with E-state index in [-0.39, 0.29) is 17.9 Å². The monoisotopic (exact) mass is 436 g/mol. The van der Waals surface area contributed by atoms with E-state index in [1.165, 1.54) is 5.56 Å². The molecule has 2 unspecified atom stereocenters. The molecule has 0 fully saturated rings. The fraction of sp³-hybridized carbons (Fsp3) is 0.481. The SMILES string of the molecule is CCCNC(=O)C(CC)Oc1ccc2c(c1)C(c1ccccc1)N(C(=O)CC(C)C)CC2. The molecular formula is C27H36N2O3. The second-order valence-corrected chi connectivity index (χ2v) is 8.91. The number of benzene rings is 2. The minimum Gasteiger partial charge on any atom is -0.481 e. The maximum Gasteiger partial charge on any atom is 0.261 e. The van der Waals surface area contributed by atoms with Crippen LogP contribution in [-0.4, -0.2) is 35.9 Å². The Balaban J connectivity index is 1.94. The molecule has 2 aromatic rings. The molecule has 1 heterocycles. The number of nitrogens with one attached hydrogen (secondary N) is 1. The van der Waals surface area contributed by atoms with Crippen LogP contribution in [-0.2, 0) is 16.0 Å². The van der Waals surface area contributed by atoms with Gasteiger partial charge in [-0.15, -0.1) is 0 Å². The average molecular weight is 437 g/mol. The topological polar surface area (TPSA) is 58.6 Å². The maximum atomic E-state index is 13.1. The molecule has 5 nitrogen and oxygen atoms in total. The number of nitrogens with zero attached hydrogens (tertiary/aromatic N) is 1. The van der Waals surface area contributed by atoms with Gasteiger partial charge in [0.05, 0.1) is 6.04 Å². The molecule has 3 rings (SSSR count). The summed E-state index contributed by atoms with van der Waals surface area (Å²) in [5, 5.41) is 2.92. The van der Waals surface area contributed by atoms with Crippen molar-refractivity contribution in [3.63, 3.8) is 0 Å². The van der Waals surface area contributed by atoms with E-state index in [1.54, 1.807) is 0 Å². The first-order valence-corrected chi connectivity index (χ1v) is 11.9. The first kappa shape index (κ1) is 23.8. The van der Waals surface area contributed by atoms with Crippen molar-refractivity contribution in [1.82, 2.24) is 10.2 Å². The molecule has 2 amide bonds. The number of amides is 2. The van der Waals surface area contributed by atoms with Crippen LogP contribution in [0.25, 0.3) is 0 Å². The van der Waals surface area contributed by atoms with Crippen molar-refractivity contribution >= 4 is 11.8 Å². The Morgan fingerprint density at radius 2 is 1.88 bits per heavy atom. The van der Waals surface area contributed by atoms with Gasteiger partial charge in [-0.3, -0.25) is 9.59 Å². The van der Waals surface area contributed by atoms with Gasteiger partial charge in [0.1, 0.15) is 5.75 Å². The Labute approximate surface area is 192 Å². The molecule has 5 heteroatoms. The van der Waals surface area contributed by atoms with E-state index in [1.807, 2.05) is 49.1 Å². The lowest BCUT2D eigenvalue weighted by molar-refractivity contribution is -0.134. The summed E-state index contributed by atoms with van der Waals surface area (Å²) in [4.78, 5) is 27.6. The largest absolute Gasteiger partial charge is 0.481 e. The Hall–Kier alpha value is -2.82. The summed E-state index contributed by atoms with van der Waals surface area (Å²) in [6.07, 6.45) is 2.30. The Morgan fingerprint density at radius 1 is 1.12 bits per heavy atom. The molecule has 0 radical (unpaired) electrons. The lowest BCUT2D eigenvalue weighted by Crippen LogP contribution is -2.41. The minimum atomic E-state index is -0.531. The average Bonchev–Trinajstić information content (AvgIpc) is 2.80. The fourth-order valence-electron chi connectivity index (χ4n) is 4.25. The third-order valence-electron chi connectivity index (χ3n) is 5.85. The van der Waals surface area contributed by atoms with Crippen LogP contribution in [0.15, 0.2) is 48.5 Å². The molecule has 0 saturated heterocycles. The van der Waals surface area contributed by atoms with Crippen molar-refractivity contribution in [3.8, 4) is 5.75 Å². The molecule has 0 aliphatic carbocycles. The van der Waals surface area contributed by atoms with Gasteiger partial charge in [0.2, 0.25) is 5.91 Å². The number of hydrogen-bond acceptors (Lipinski definition) is 3. The van der Waals surface area contributed by atoms with Gasteiger partial charge >= 0.3 is 0 Å². The summed E-state index contributed by atoms with van der Waals surface area (Å²) in [6, 6.07) is 16.1. The number of rotatable bonds is 9. The van der Waals surface area contributed by atoms with Crippen LogP contribution in [0.1, 0.15) is 69.7 Å². The summed E-state index contributed by atoms with van der Waals surface area (Å²) in [5.74, 6) is 1.07. The molecule has 1 aliphatic rings. The van der Waals surface area contributed by atoms with Crippen molar-refractivity contribution in [1.29, 1.82) is 0 Å². The first-order chi connectivity index (χ1) is 15.4. The second-order valence-electron chi connectivity index (χ2n) is 8.91. The molecule has 0 spiro atoms. The quantitative estimate of drug-likeness (QED) is 0.609. The van der Waals surface area contributed by atoms with Gasteiger partial charge in [0, 0.05) is 19.5 Å². The maximum absolute atomic E-state index is 13.1. The third-order valence-corrected chi connectivity index (χ3v) is 5.85. The number of hydrogen-bond donors (Lipinski definition) is 1. The highest BCUT2D eigenvalue weighted by Crippen LogP contribution is 2.38. The minimum absolute atomic E-state index is 0.0829. The van der Waals surface area contributed by atoms with Crippen LogP contribution < -0.4 is 10.1 Å². The number of fused-ring (bicyclic) bond motifs is 1. The van der Waals surface area contributed by atoms with E-state index in [0.29, 0.717) is 37.6 Å². The Bertz CT molecular complexity index is 910. The van der Waals surface area contributed by atoms with E-state index < -0.39 is 6.10 Å². The van der Waals surface area contributed by atoms with Crippen LogP contribution in [0, 0.1) is 5.92 Å². The van der Waals surface area contributed by atoms with E-state index >= 15 is 0 Å². The molecule has 32 heavy (non-hydrogen) atoms. The first-order valence-electron chi connectivity index (χ1n) is 11.9. The third kappa shape index (κ3) is 5.70. The molecule has 0 aromatic heterocycles. The standard InChI is InChI=1S/C27H36N2O3/c1-5-15-28-27(31)24(6-2)32-22-13-12-20-14-16-29(25(30)17-19(3)4)26(23(20)18-22)21-10-8-7-9-11-21/h7-13,18-19,24,26H,5-6,14-17H2,1-4H3,(H,28,31). The van der Waals surface area contributed by atoms with Crippen molar-refractivity contribution in [2.75, 3.05) is 13.1 Å². The second kappa shape index (κ2) is 11.2. The van der Waals surface area contributed by atoms with Gasteiger partial charge in [-0.05, 0) is 54.0 Å². The predicted octanol–water partition coefficient (Wildman–Crippen LogP) is 4.89. The Morgan fingerprint density at radius 3 is 2.53 bits per heavy atom. The molecule has 2 atom stereocenters. The molecular weight excluding hydrogens is 400 g/mol. The van der Waals surface area contributed by atoms with Gasteiger partial charge in [-0.25, -0.2) is 0 Å². The van der Waals surface area contributed by atoms with E-state index in [2.05, 4.69) is 37.4 Å². The highest BCUT2D eigenvalue weighted by atomic mass is 16.5. The molecule has 2 aromatic carbocycles. The Kier molecular flexibility index (Phi) is 8.32. The summed E-state index contributed by atoms with van der Waals surface area (Å²) in [5.41, 5.74) is 3.40. The van der Waals surface area contributed by atoms with Crippen LogP contribution in [0.5, 0.6) is 5.75 Å². The normalized spacial score (nSPS) is 16.4. The van der Waals surface area contributed by atoms with E-state index in [4.69, 9.17) is 4.74 Å². The van der Waals surface area contributed by atoms with Crippen molar-refractivity contribution in [3.05, 3.63) is 65.2 Å². The molecule has 0 bridgehead atoms. The number of carbonyl (C=O) groups is 2. The predicted molar refractivity (Wildman–Crippen MR) is 128 cm³/mol. The summed E-state index contributed by atoms with van der Waals surface area (Å²) < 4.78 is 6.12. The smallest absolute Gasteiger partial charge is 0.261 e. The van der Waals surface area contributed by atoms with Crippen LogP contribution >= 0.6 is 0 Å². The van der Waals surface area contributed by atoms with E-state index in [0.717, 1.165) is 24.0 Å². The van der Waals surface area contributed by atoms with Gasteiger partial charge in [-0.1, -0.05) is 64.1 Å². The highest BCUT2D eigenvalue weighted by molar-refractivity contribution is 5.81. The van der Waals surface area contributed by atoms with E-state index in [9.17, 15) is 9.59 Å². The zero-order chi connectivity index (χ0) is 23.1. The summed E-state index contributed by atoms with van der Waals surface area (Å²) in [7, 11) is 0. The van der Waals surface area contributed by atoms with Gasteiger partial charge in [0.15, 0.2) is 6.10 Å².